The van der Waals surface area contributed by atoms with Gasteiger partial charge < -0.3 is 15.2 Å². The van der Waals surface area contributed by atoms with Crippen LogP contribution in [0.25, 0.3) is 0 Å². The molecule has 0 aliphatic carbocycles. The van der Waals surface area contributed by atoms with Crippen molar-refractivity contribution in [2.24, 2.45) is 0 Å². The van der Waals surface area contributed by atoms with Crippen molar-refractivity contribution >= 4 is 0 Å². The van der Waals surface area contributed by atoms with Gasteiger partial charge >= 0.3 is 0 Å². The number of piperidine rings is 1. The highest BCUT2D eigenvalue weighted by atomic mass is 16.5. The number of hydrogen-bond acceptors (Lipinski definition) is 3. The summed E-state index contributed by atoms with van der Waals surface area (Å²) in [6.07, 6.45) is 3.50. The minimum absolute atomic E-state index is 0.214. The predicted molar refractivity (Wildman–Crippen MR) is 73.1 cm³/mol. The molecule has 1 aliphatic rings. The highest BCUT2D eigenvalue weighted by Gasteiger charge is 2.20. The van der Waals surface area contributed by atoms with Crippen LogP contribution in [-0.4, -0.2) is 17.3 Å². The van der Waals surface area contributed by atoms with Crippen LogP contribution < -0.4 is 10.1 Å². The van der Waals surface area contributed by atoms with E-state index in [0.29, 0.717) is 5.75 Å². The van der Waals surface area contributed by atoms with Crippen LogP contribution in [0.4, 0.5) is 0 Å². The summed E-state index contributed by atoms with van der Waals surface area (Å²) in [4.78, 5) is 0. The van der Waals surface area contributed by atoms with Crippen LogP contribution in [-0.2, 0) is 0 Å². The van der Waals surface area contributed by atoms with Gasteiger partial charge in [0.25, 0.3) is 0 Å². The summed E-state index contributed by atoms with van der Waals surface area (Å²) in [6, 6.07) is 5.77. The third-order valence-corrected chi connectivity index (χ3v) is 3.11. The first-order valence-electron chi connectivity index (χ1n) is 6.71. The van der Waals surface area contributed by atoms with E-state index in [-0.39, 0.29) is 11.6 Å². The van der Waals surface area contributed by atoms with Crippen molar-refractivity contribution in [1.29, 1.82) is 0 Å². The number of phenolic OH excluding ortho intramolecular Hbond substituents is 1. The topological polar surface area (TPSA) is 41.5 Å². The second-order valence-electron chi connectivity index (χ2n) is 5.94. The van der Waals surface area contributed by atoms with Crippen molar-refractivity contribution in [2.45, 2.75) is 51.7 Å². The number of phenols is 1. The van der Waals surface area contributed by atoms with E-state index in [1.165, 1.54) is 12.8 Å². The van der Waals surface area contributed by atoms with Crippen LogP contribution >= 0.6 is 0 Å². The molecule has 0 bridgehead atoms. The molecule has 0 saturated carbocycles. The zero-order valence-corrected chi connectivity index (χ0v) is 11.5. The van der Waals surface area contributed by atoms with Gasteiger partial charge in [-0.1, -0.05) is 6.42 Å². The molecule has 0 amide bonds. The van der Waals surface area contributed by atoms with Gasteiger partial charge in [-0.25, -0.2) is 0 Å². The Hall–Kier alpha value is -1.22. The second-order valence-corrected chi connectivity index (χ2v) is 5.94. The number of rotatable bonds is 2. The van der Waals surface area contributed by atoms with Gasteiger partial charge in [-0.3, -0.25) is 0 Å². The maximum absolute atomic E-state index is 9.99. The van der Waals surface area contributed by atoms with Gasteiger partial charge in [0.15, 0.2) is 0 Å². The minimum atomic E-state index is -0.214. The van der Waals surface area contributed by atoms with E-state index >= 15 is 0 Å². The van der Waals surface area contributed by atoms with Gasteiger partial charge in [0.05, 0.1) is 0 Å². The Balaban J connectivity index is 2.20. The Labute approximate surface area is 109 Å². The number of ether oxygens (including phenoxy) is 1. The lowest BCUT2D eigenvalue weighted by atomic mass is 9.96. The molecule has 2 rings (SSSR count). The highest BCUT2D eigenvalue weighted by molar-refractivity contribution is 5.41. The van der Waals surface area contributed by atoms with Gasteiger partial charge in [-0.15, -0.1) is 0 Å². The van der Waals surface area contributed by atoms with Crippen LogP contribution in [0.1, 0.15) is 51.6 Å². The highest BCUT2D eigenvalue weighted by Crippen LogP contribution is 2.33. The lowest BCUT2D eigenvalue weighted by molar-refractivity contribution is 0.130. The first-order valence-corrected chi connectivity index (χ1v) is 6.71. The number of benzene rings is 1. The summed E-state index contributed by atoms with van der Waals surface area (Å²) in [5.41, 5.74) is 0.741. The SMILES string of the molecule is CC(C)(C)Oc1ccc(O)c([C@@H]2CCCCN2)c1. The molecule has 0 unspecified atom stereocenters. The van der Waals surface area contributed by atoms with Crippen molar-refractivity contribution in [2.75, 3.05) is 6.54 Å². The molecule has 100 valence electrons. The van der Waals surface area contributed by atoms with Crippen LogP contribution in [0.5, 0.6) is 11.5 Å². The van der Waals surface area contributed by atoms with Gasteiger partial charge in [0.2, 0.25) is 0 Å². The molecule has 2 N–H and O–H groups in total. The molecule has 1 aliphatic heterocycles. The Morgan fingerprint density at radius 1 is 1.28 bits per heavy atom. The summed E-state index contributed by atoms with van der Waals surface area (Å²) >= 11 is 0. The average molecular weight is 249 g/mol. The summed E-state index contributed by atoms with van der Waals surface area (Å²) in [5.74, 6) is 1.18. The van der Waals surface area contributed by atoms with Crippen molar-refractivity contribution in [1.82, 2.24) is 5.32 Å². The van der Waals surface area contributed by atoms with E-state index in [0.717, 1.165) is 24.3 Å². The van der Waals surface area contributed by atoms with E-state index in [4.69, 9.17) is 4.74 Å². The van der Waals surface area contributed by atoms with Gasteiger partial charge in [0, 0.05) is 11.6 Å². The molecule has 1 aromatic rings. The number of nitrogens with one attached hydrogen (secondary N) is 1. The first kappa shape index (κ1) is 13.2. The first-order chi connectivity index (χ1) is 8.46. The molecule has 0 spiro atoms. The normalized spacial score (nSPS) is 20.7. The molecule has 1 fully saturated rings. The van der Waals surface area contributed by atoms with E-state index in [1.54, 1.807) is 6.07 Å². The molecule has 18 heavy (non-hydrogen) atoms. The molecular formula is C15H23NO2. The maximum Gasteiger partial charge on any atom is 0.120 e. The Morgan fingerprint density at radius 3 is 2.67 bits per heavy atom. The van der Waals surface area contributed by atoms with Crippen molar-refractivity contribution in [3.8, 4) is 11.5 Å². The van der Waals surface area contributed by atoms with Gasteiger partial charge in [-0.05, 0) is 58.4 Å². The minimum Gasteiger partial charge on any atom is -0.508 e. The largest absolute Gasteiger partial charge is 0.508 e. The second kappa shape index (κ2) is 5.19. The molecule has 3 nitrogen and oxygen atoms in total. The lowest BCUT2D eigenvalue weighted by Gasteiger charge is -2.26. The Kier molecular flexibility index (Phi) is 3.81. The van der Waals surface area contributed by atoms with E-state index in [9.17, 15) is 5.11 Å². The maximum atomic E-state index is 9.99. The summed E-state index contributed by atoms with van der Waals surface area (Å²) in [6.45, 7) is 7.10. The van der Waals surface area contributed by atoms with Crippen molar-refractivity contribution < 1.29 is 9.84 Å². The molecule has 0 radical (unpaired) electrons. The third-order valence-electron chi connectivity index (χ3n) is 3.11. The standard InChI is InChI=1S/C15H23NO2/c1-15(2,3)18-11-7-8-14(17)12(10-11)13-6-4-5-9-16-13/h7-8,10,13,16-17H,4-6,9H2,1-3H3/t13-/m0/s1. The van der Waals surface area contributed by atoms with Gasteiger partial charge in [-0.2, -0.15) is 0 Å². The van der Waals surface area contributed by atoms with Crippen LogP contribution in [0.15, 0.2) is 18.2 Å². The van der Waals surface area contributed by atoms with Gasteiger partial charge in [0.1, 0.15) is 17.1 Å². The fraction of sp³-hybridized carbons (Fsp3) is 0.600. The Bertz CT molecular complexity index is 403. The molecule has 1 atom stereocenters. The fourth-order valence-electron chi connectivity index (χ4n) is 2.35. The number of hydrogen-bond donors (Lipinski definition) is 2. The molecule has 1 saturated heterocycles. The molecule has 1 aromatic carbocycles. The fourth-order valence-corrected chi connectivity index (χ4v) is 2.35. The smallest absolute Gasteiger partial charge is 0.120 e. The molecule has 1 heterocycles. The predicted octanol–water partition coefficient (Wildman–Crippen LogP) is 3.38. The van der Waals surface area contributed by atoms with Crippen LogP contribution in [0.2, 0.25) is 0 Å². The monoisotopic (exact) mass is 249 g/mol. The summed E-state index contributed by atoms with van der Waals surface area (Å²) in [5, 5.41) is 13.4. The summed E-state index contributed by atoms with van der Waals surface area (Å²) in [7, 11) is 0. The average Bonchev–Trinajstić information content (AvgIpc) is 2.31. The third kappa shape index (κ3) is 3.39. The van der Waals surface area contributed by atoms with E-state index < -0.39 is 0 Å². The van der Waals surface area contributed by atoms with Crippen molar-refractivity contribution in [3.05, 3.63) is 23.8 Å². The summed E-state index contributed by atoms with van der Waals surface area (Å²) < 4.78 is 5.85. The number of aromatic hydroxyl groups is 1. The molecule has 0 aromatic heterocycles. The molecular weight excluding hydrogens is 226 g/mol. The van der Waals surface area contributed by atoms with E-state index in [1.807, 2.05) is 32.9 Å². The van der Waals surface area contributed by atoms with Crippen molar-refractivity contribution in [3.63, 3.8) is 0 Å². The zero-order chi connectivity index (χ0) is 13.2. The van der Waals surface area contributed by atoms with E-state index in [2.05, 4.69) is 5.32 Å². The van der Waals surface area contributed by atoms with Crippen LogP contribution in [0.3, 0.4) is 0 Å². The zero-order valence-electron chi connectivity index (χ0n) is 11.5. The quantitative estimate of drug-likeness (QED) is 0.844. The Morgan fingerprint density at radius 2 is 2.06 bits per heavy atom. The molecule has 3 heteroatoms. The van der Waals surface area contributed by atoms with Crippen LogP contribution in [0, 0.1) is 0 Å². The lowest BCUT2D eigenvalue weighted by Crippen LogP contribution is -2.27.